The molecular weight excluding hydrogens is 302 g/mol. The predicted molar refractivity (Wildman–Crippen MR) is 92.8 cm³/mol. The molecule has 0 bridgehead atoms. The van der Waals surface area contributed by atoms with Gasteiger partial charge in [0, 0.05) is 11.1 Å². The van der Waals surface area contributed by atoms with E-state index in [2.05, 4.69) is 15.3 Å². The van der Waals surface area contributed by atoms with Crippen molar-refractivity contribution in [3.63, 3.8) is 0 Å². The second-order valence-corrected chi connectivity index (χ2v) is 5.20. The van der Waals surface area contributed by atoms with Crippen LogP contribution in [0, 0.1) is 0 Å². The van der Waals surface area contributed by atoms with Crippen LogP contribution < -0.4 is 10.1 Å². The maximum Gasteiger partial charge on any atom is 0.229 e. The Morgan fingerprint density at radius 1 is 1.00 bits per heavy atom. The first kappa shape index (κ1) is 15.7. The van der Waals surface area contributed by atoms with Gasteiger partial charge in [0.25, 0.3) is 0 Å². The molecule has 5 nitrogen and oxygen atoms in total. The summed E-state index contributed by atoms with van der Waals surface area (Å²) in [5, 5.41) is 2.80. The molecule has 120 valence electrons. The zero-order valence-electron chi connectivity index (χ0n) is 13.3. The lowest BCUT2D eigenvalue weighted by atomic mass is 10.1. The van der Waals surface area contributed by atoms with E-state index in [0.717, 1.165) is 11.1 Å². The maximum atomic E-state index is 12.2. The Labute approximate surface area is 140 Å². The molecule has 5 heteroatoms. The number of ether oxygens (including phenoxy) is 1. The van der Waals surface area contributed by atoms with Crippen LogP contribution >= 0.6 is 0 Å². The predicted octanol–water partition coefficient (Wildman–Crippen LogP) is 3.33. The Balaban J connectivity index is 1.67. The van der Waals surface area contributed by atoms with Crippen molar-refractivity contribution in [2.45, 2.75) is 6.42 Å². The van der Waals surface area contributed by atoms with Crippen molar-refractivity contribution in [3.05, 3.63) is 72.6 Å². The van der Waals surface area contributed by atoms with E-state index < -0.39 is 0 Å². The van der Waals surface area contributed by atoms with Gasteiger partial charge in [-0.1, -0.05) is 48.5 Å². The van der Waals surface area contributed by atoms with Gasteiger partial charge in [-0.15, -0.1) is 0 Å². The van der Waals surface area contributed by atoms with E-state index in [1.165, 1.54) is 0 Å². The molecule has 2 aromatic carbocycles. The second kappa shape index (κ2) is 7.37. The van der Waals surface area contributed by atoms with Crippen LogP contribution in [-0.2, 0) is 11.2 Å². The lowest BCUT2D eigenvalue weighted by Crippen LogP contribution is -2.15. The van der Waals surface area contributed by atoms with E-state index >= 15 is 0 Å². The fourth-order valence-electron chi connectivity index (χ4n) is 2.36. The van der Waals surface area contributed by atoms with Crippen molar-refractivity contribution < 1.29 is 9.53 Å². The number of carbonyl (C=O) groups is 1. The molecule has 3 aromatic rings. The molecule has 1 heterocycles. The van der Waals surface area contributed by atoms with E-state index in [4.69, 9.17) is 4.74 Å². The molecular formula is C19H17N3O2. The highest BCUT2D eigenvalue weighted by atomic mass is 16.5. The quantitative estimate of drug-likeness (QED) is 0.783. The number of methoxy groups -OCH3 is 1. The van der Waals surface area contributed by atoms with E-state index in [9.17, 15) is 4.79 Å². The summed E-state index contributed by atoms with van der Waals surface area (Å²) in [7, 11) is 1.59. The second-order valence-electron chi connectivity index (χ2n) is 5.20. The van der Waals surface area contributed by atoms with Crippen molar-refractivity contribution in [2.75, 3.05) is 12.4 Å². The third-order valence-electron chi connectivity index (χ3n) is 3.51. The summed E-state index contributed by atoms with van der Waals surface area (Å²) in [4.78, 5) is 20.8. The molecule has 0 aliphatic carbocycles. The molecule has 0 radical (unpaired) electrons. The number of hydrogen-bond donors (Lipinski definition) is 1. The van der Waals surface area contributed by atoms with Crippen LogP contribution in [0.2, 0.25) is 0 Å². The topological polar surface area (TPSA) is 64.1 Å². The molecule has 1 aromatic heterocycles. The monoisotopic (exact) mass is 319 g/mol. The summed E-state index contributed by atoms with van der Waals surface area (Å²) >= 11 is 0. The molecule has 1 N–H and O–H groups in total. The molecule has 0 saturated carbocycles. The van der Waals surface area contributed by atoms with Gasteiger partial charge in [0.05, 0.1) is 31.6 Å². The first-order chi connectivity index (χ1) is 11.8. The Hall–Kier alpha value is -3.21. The summed E-state index contributed by atoms with van der Waals surface area (Å²) in [5.74, 6) is 1.18. The third-order valence-corrected chi connectivity index (χ3v) is 3.51. The van der Waals surface area contributed by atoms with Gasteiger partial charge in [-0.2, -0.15) is 0 Å². The van der Waals surface area contributed by atoms with Crippen LogP contribution in [0.4, 0.5) is 5.69 Å². The zero-order chi connectivity index (χ0) is 16.8. The molecule has 1 amide bonds. The van der Waals surface area contributed by atoms with Crippen LogP contribution in [0.15, 0.2) is 67.0 Å². The Morgan fingerprint density at radius 2 is 1.67 bits per heavy atom. The minimum Gasteiger partial charge on any atom is -0.496 e. The minimum absolute atomic E-state index is 0.143. The van der Waals surface area contributed by atoms with Gasteiger partial charge in [-0.05, 0) is 6.07 Å². The molecule has 0 fully saturated rings. The number of para-hydroxylation sites is 1. The Bertz CT molecular complexity index is 818. The molecule has 0 atom stereocenters. The average molecular weight is 319 g/mol. The Kier molecular flexibility index (Phi) is 4.81. The fraction of sp³-hybridized carbons (Fsp3) is 0.105. The standard InChI is InChI=1S/C19H17N3O2/c1-24-17-10-6-5-9-15(17)11-18(23)22-16-12-20-19(21-13-16)14-7-3-2-4-8-14/h2-10,12-13H,11H2,1H3,(H,22,23). The normalized spacial score (nSPS) is 10.2. The maximum absolute atomic E-state index is 12.2. The van der Waals surface area contributed by atoms with Gasteiger partial charge in [0.15, 0.2) is 5.82 Å². The third kappa shape index (κ3) is 3.76. The van der Waals surface area contributed by atoms with Gasteiger partial charge in [0.1, 0.15) is 5.75 Å². The van der Waals surface area contributed by atoms with Gasteiger partial charge in [-0.3, -0.25) is 4.79 Å². The summed E-state index contributed by atoms with van der Waals surface area (Å²) in [6.45, 7) is 0. The number of rotatable bonds is 5. The van der Waals surface area contributed by atoms with Crippen molar-refractivity contribution in [3.8, 4) is 17.1 Å². The van der Waals surface area contributed by atoms with E-state index in [-0.39, 0.29) is 12.3 Å². The summed E-state index contributed by atoms with van der Waals surface area (Å²) in [6, 6.07) is 17.1. The molecule has 3 rings (SSSR count). The van der Waals surface area contributed by atoms with Gasteiger partial charge in [-0.25, -0.2) is 9.97 Å². The van der Waals surface area contributed by atoms with Crippen molar-refractivity contribution in [1.82, 2.24) is 9.97 Å². The van der Waals surface area contributed by atoms with E-state index in [1.54, 1.807) is 19.5 Å². The SMILES string of the molecule is COc1ccccc1CC(=O)Nc1cnc(-c2ccccc2)nc1. The fourth-order valence-corrected chi connectivity index (χ4v) is 2.36. The van der Waals surface area contributed by atoms with Crippen molar-refractivity contribution in [1.29, 1.82) is 0 Å². The number of nitrogens with zero attached hydrogens (tertiary/aromatic N) is 2. The number of hydrogen-bond acceptors (Lipinski definition) is 4. The first-order valence-corrected chi connectivity index (χ1v) is 7.55. The lowest BCUT2D eigenvalue weighted by molar-refractivity contribution is -0.115. The highest BCUT2D eigenvalue weighted by Gasteiger charge is 2.09. The lowest BCUT2D eigenvalue weighted by Gasteiger charge is -2.09. The van der Waals surface area contributed by atoms with Gasteiger partial charge >= 0.3 is 0 Å². The first-order valence-electron chi connectivity index (χ1n) is 7.55. The van der Waals surface area contributed by atoms with Crippen molar-refractivity contribution >= 4 is 11.6 Å². The molecule has 0 unspecified atom stereocenters. The van der Waals surface area contributed by atoms with Crippen LogP contribution in [0.1, 0.15) is 5.56 Å². The number of anilines is 1. The smallest absolute Gasteiger partial charge is 0.229 e. The summed E-state index contributed by atoms with van der Waals surface area (Å²) in [5.41, 5.74) is 2.33. The molecule has 0 aliphatic rings. The number of nitrogens with one attached hydrogen (secondary N) is 1. The van der Waals surface area contributed by atoms with Crippen LogP contribution in [0.5, 0.6) is 5.75 Å². The number of aromatic nitrogens is 2. The highest BCUT2D eigenvalue weighted by Crippen LogP contribution is 2.19. The highest BCUT2D eigenvalue weighted by molar-refractivity contribution is 5.92. The minimum atomic E-state index is -0.143. The van der Waals surface area contributed by atoms with Crippen LogP contribution in [0.25, 0.3) is 11.4 Å². The average Bonchev–Trinajstić information content (AvgIpc) is 2.63. The zero-order valence-corrected chi connectivity index (χ0v) is 13.3. The van der Waals surface area contributed by atoms with E-state index in [1.807, 2.05) is 54.6 Å². The Morgan fingerprint density at radius 3 is 2.38 bits per heavy atom. The van der Waals surface area contributed by atoms with Crippen LogP contribution in [0.3, 0.4) is 0 Å². The van der Waals surface area contributed by atoms with Gasteiger partial charge in [0.2, 0.25) is 5.91 Å². The molecule has 0 saturated heterocycles. The summed E-state index contributed by atoms with van der Waals surface area (Å²) < 4.78 is 5.26. The summed E-state index contributed by atoms with van der Waals surface area (Å²) in [6.07, 6.45) is 3.44. The largest absolute Gasteiger partial charge is 0.496 e. The molecule has 0 aliphatic heterocycles. The van der Waals surface area contributed by atoms with Crippen LogP contribution in [-0.4, -0.2) is 23.0 Å². The number of benzene rings is 2. The van der Waals surface area contributed by atoms with Crippen molar-refractivity contribution in [2.24, 2.45) is 0 Å². The molecule has 0 spiro atoms. The molecule has 24 heavy (non-hydrogen) atoms. The number of amides is 1. The van der Waals surface area contributed by atoms with Gasteiger partial charge < -0.3 is 10.1 Å². The number of carbonyl (C=O) groups excluding carboxylic acids is 1. The van der Waals surface area contributed by atoms with E-state index in [0.29, 0.717) is 17.3 Å².